The van der Waals surface area contributed by atoms with Crippen molar-refractivity contribution in [1.82, 2.24) is 9.36 Å². The lowest BCUT2D eigenvalue weighted by molar-refractivity contribution is -0.112. The molecule has 6 nitrogen and oxygen atoms in total. The van der Waals surface area contributed by atoms with Gasteiger partial charge in [0.05, 0.1) is 0 Å². The van der Waals surface area contributed by atoms with Crippen LogP contribution in [0, 0.1) is 18.3 Å². The Hall–Kier alpha value is -2.54. The van der Waals surface area contributed by atoms with E-state index < -0.39 is 5.91 Å². The topological polar surface area (TPSA) is 91.8 Å². The molecule has 1 N–H and O–H groups in total. The van der Waals surface area contributed by atoms with Crippen LogP contribution in [0.4, 0.5) is 5.13 Å². The van der Waals surface area contributed by atoms with Gasteiger partial charge >= 0.3 is 0 Å². The highest BCUT2D eigenvalue weighted by Gasteiger charge is 2.14. The molecule has 0 bridgehead atoms. The fourth-order valence-electron chi connectivity index (χ4n) is 2.09. The van der Waals surface area contributed by atoms with Crippen molar-refractivity contribution in [3.63, 3.8) is 0 Å². The molecule has 9 heteroatoms. The summed E-state index contributed by atoms with van der Waals surface area (Å²) in [7, 11) is 0. The molecule has 0 fully saturated rings. The van der Waals surface area contributed by atoms with Crippen LogP contribution in [0.15, 0.2) is 61.5 Å². The number of aryl methyl sites for hydroxylation is 1. The Labute approximate surface area is 175 Å². The monoisotopic (exact) mass is 428 g/mol. The summed E-state index contributed by atoms with van der Waals surface area (Å²) in [6.07, 6.45) is 1.41. The van der Waals surface area contributed by atoms with E-state index in [0.29, 0.717) is 21.1 Å². The molecule has 0 spiro atoms. The van der Waals surface area contributed by atoms with Crippen molar-refractivity contribution in [2.75, 3.05) is 11.1 Å². The van der Waals surface area contributed by atoms with Gasteiger partial charge in [0.1, 0.15) is 17.4 Å². The van der Waals surface area contributed by atoms with E-state index in [1.807, 2.05) is 50.2 Å². The quantitative estimate of drug-likeness (QED) is 0.312. The lowest BCUT2D eigenvalue weighted by Gasteiger charge is -1.99. The van der Waals surface area contributed by atoms with Gasteiger partial charge in [-0.1, -0.05) is 48.1 Å². The molecule has 1 amide bonds. The molecule has 0 aliphatic heterocycles. The highest BCUT2D eigenvalue weighted by atomic mass is 32.2. The third-order valence-corrected chi connectivity index (χ3v) is 5.80. The second-order valence-corrected chi connectivity index (χ2v) is 8.57. The average molecular weight is 429 g/mol. The molecule has 2 aromatic heterocycles. The third kappa shape index (κ3) is 5.48. The summed E-state index contributed by atoms with van der Waals surface area (Å²) in [4.78, 5) is 17.6. The molecule has 3 rings (SSSR count). The summed E-state index contributed by atoms with van der Waals surface area (Å²) in [6, 6.07) is 13.5. The maximum Gasteiger partial charge on any atom is 0.268 e. The summed E-state index contributed by atoms with van der Waals surface area (Å²) in [5, 5.41) is 13.6. The molecule has 0 atom stereocenters. The number of amides is 1. The minimum Gasteiger partial charge on any atom is -0.450 e. The van der Waals surface area contributed by atoms with Gasteiger partial charge in [-0.2, -0.15) is 14.6 Å². The fourth-order valence-corrected chi connectivity index (χ4v) is 4.14. The van der Waals surface area contributed by atoms with Crippen LogP contribution in [0.25, 0.3) is 6.08 Å². The zero-order valence-electron chi connectivity index (χ0n) is 15.1. The van der Waals surface area contributed by atoms with E-state index >= 15 is 0 Å². The predicted molar refractivity (Wildman–Crippen MR) is 113 cm³/mol. The number of nitrogens with one attached hydrogen (secondary N) is 1. The third-order valence-electron chi connectivity index (χ3n) is 3.39. The van der Waals surface area contributed by atoms with Gasteiger partial charge in [-0.25, -0.2) is 0 Å². The van der Waals surface area contributed by atoms with E-state index in [4.69, 9.17) is 4.42 Å². The number of nitrogens with zero attached hydrogens (tertiary/aromatic N) is 3. The van der Waals surface area contributed by atoms with Gasteiger partial charge in [0.15, 0.2) is 5.09 Å². The number of aromatic nitrogens is 2. The largest absolute Gasteiger partial charge is 0.450 e. The molecule has 3 aromatic rings. The predicted octanol–water partition coefficient (Wildman–Crippen LogP) is 5.25. The van der Waals surface area contributed by atoms with E-state index in [1.165, 1.54) is 35.2 Å². The van der Waals surface area contributed by atoms with Crippen LogP contribution in [0.2, 0.25) is 0 Å². The molecule has 0 aliphatic carbocycles. The first-order chi connectivity index (χ1) is 13.6. The van der Waals surface area contributed by atoms with Crippen molar-refractivity contribution in [1.29, 1.82) is 5.26 Å². The van der Waals surface area contributed by atoms with E-state index in [-0.39, 0.29) is 5.57 Å². The van der Waals surface area contributed by atoms with Crippen molar-refractivity contribution < 1.29 is 9.21 Å². The van der Waals surface area contributed by atoms with Crippen molar-refractivity contribution in [3.8, 4) is 6.07 Å². The molecular formula is C19H16N4O2S3. The van der Waals surface area contributed by atoms with Gasteiger partial charge in [-0.3, -0.25) is 10.1 Å². The molecular weight excluding hydrogens is 412 g/mol. The van der Waals surface area contributed by atoms with Crippen molar-refractivity contribution in [2.24, 2.45) is 0 Å². The number of carbonyl (C=O) groups is 1. The summed E-state index contributed by atoms with van der Waals surface area (Å²) in [5.74, 6) is 0.728. The molecule has 0 radical (unpaired) electrons. The zero-order valence-corrected chi connectivity index (χ0v) is 17.6. The van der Waals surface area contributed by atoms with Gasteiger partial charge in [-0.15, -0.1) is 0 Å². The van der Waals surface area contributed by atoms with E-state index in [1.54, 1.807) is 6.07 Å². The van der Waals surface area contributed by atoms with E-state index in [9.17, 15) is 10.1 Å². The number of anilines is 1. The molecule has 28 heavy (non-hydrogen) atoms. The molecule has 142 valence electrons. The number of hydrogen-bond donors (Lipinski definition) is 1. The van der Waals surface area contributed by atoms with Crippen molar-refractivity contribution in [2.45, 2.75) is 29.0 Å². The molecule has 0 aliphatic rings. The molecule has 0 unspecified atom stereocenters. The number of furan rings is 1. The molecule has 2 heterocycles. The Kier molecular flexibility index (Phi) is 6.92. The van der Waals surface area contributed by atoms with Crippen molar-refractivity contribution in [3.05, 3.63) is 53.3 Å². The number of thioether (sulfide) groups is 1. The average Bonchev–Trinajstić information content (AvgIpc) is 3.31. The standard InChI is InChI=1S/C19H16N4O2S3/c1-3-26-19-22-18(28-23-19)21-17(24)13(11-20)10-14-6-9-16(25-14)27-15-7-4-12(2)5-8-15/h4-10H,3H2,1-2H3,(H,21,22,23,24)/b13-10-. The first-order valence-corrected chi connectivity index (χ1v) is 10.9. The number of hydrogen-bond acceptors (Lipinski definition) is 8. The lowest BCUT2D eigenvalue weighted by atomic mass is 10.2. The fraction of sp³-hybridized carbons (Fsp3) is 0.158. The van der Waals surface area contributed by atoms with Crippen LogP contribution in [-0.2, 0) is 4.79 Å². The highest BCUT2D eigenvalue weighted by Crippen LogP contribution is 2.30. The van der Waals surface area contributed by atoms with Crippen molar-refractivity contribution >= 4 is 52.2 Å². The minimum absolute atomic E-state index is 0.0684. The maximum atomic E-state index is 12.3. The summed E-state index contributed by atoms with van der Waals surface area (Å²) >= 11 is 4.04. The second kappa shape index (κ2) is 9.59. The van der Waals surface area contributed by atoms with Gasteiger partial charge < -0.3 is 4.42 Å². The van der Waals surface area contributed by atoms with Crippen LogP contribution in [0.1, 0.15) is 18.2 Å². The number of carbonyl (C=O) groups excluding carboxylic acids is 1. The summed E-state index contributed by atoms with van der Waals surface area (Å²) < 4.78 is 9.85. The smallest absolute Gasteiger partial charge is 0.268 e. The van der Waals surface area contributed by atoms with Gasteiger partial charge in [0.2, 0.25) is 10.3 Å². The molecule has 0 saturated heterocycles. The van der Waals surface area contributed by atoms with Gasteiger partial charge in [0.25, 0.3) is 5.91 Å². The SMILES string of the molecule is CCSc1nsc(NC(=O)/C(C#N)=C\c2ccc(Sc3ccc(C)cc3)o2)n1. The number of nitriles is 1. The molecule has 1 aromatic carbocycles. The Morgan fingerprint density at radius 1 is 1.32 bits per heavy atom. The van der Waals surface area contributed by atoms with Crippen LogP contribution in [0.5, 0.6) is 0 Å². The normalized spacial score (nSPS) is 11.2. The Morgan fingerprint density at radius 3 is 2.82 bits per heavy atom. The Morgan fingerprint density at radius 2 is 2.11 bits per heavy atom. The maximum absolute atomic E-state index is 12.3. The van der Waals surface area contributed by atoms with Crippen LogP contribution in [0.3, 0.4) is 0 Å². The van der Waals surface area contributed by atoms with Gasteiger partial charge in [0, 0.05) is 22.5 Å². The van der Waals surface area contributed by atoms with Crippen LogP contribution < -0.4 is 5.32 Å². The lowest BCUT2D eigenvalue weighted by Crippen LogP contribution is -2.13. The Balaban J connectivity index is 1.68. The first-order valence-electron chi connectivity index (χ1n) is 8.31. The van der Waals surface area contributed by atoms with Crippen LogP contribution in [-0.4, -0.2) is 21.0 Å². The zero-order chi connectivity index (χ0) is 19.9. The Bertz CT molecular complexity index is 1030. The first kappa shape index (κ1) is 20.2. The number of benzene rings is 1. The van der Waals surface area contributed by atoms with Gasteiger partial charge in [-0.05, 0) is 36.9 Å². The summed E-state index contributed by atoms with van der Waals surface area (Å²) in [6.45, 7) is 4.03. The van der Waals surface area contributed by atoms with Crippen LogP contribution >= 0.6 is 35.1 Å². The minimum atomic E-state index is -0.546. The van der Waals surface area contributed by atoms with E-state index in [0.717, 1.165) is 22.2 Å². The number of rotatable bonds is 7. The van der Waals surface area contributed by atoms with E-state index in [2.05, 4.69) is 14.7 Å². The molecule has 0 saturated carbocycles. The second-order valence-electron chi connectivity index (χ2n) is 5.51. The highest BCUT2D eigenvalue weighted by molar-refractivity contribution is 7.99. The summed E-state index contributed by atoms with van der Waals surface area (Å²) in [5.41, 5.74) is 1.12.